The maximum absolute atomic E-state index is 5.21. The van der Waals surface area contributed by atoms with E-state index in [4.69, 9.17) is 15.0 Å². The first-order valence-electron chi connectivity index (χ1n) is 17.5. The Labute approximate surface area is 297 Å². The fourth-order valence-corrected chi connectivity index (χ4v) is 8.20. The number of para-hydroxylation sites is 1. The third kappa shape index (κ3) is 4.62. The predicted molar refractivity (Wildman–Crippen MR) is 212 cm³/mol. The molecule has 2 heterocycles. The smallest absolute Gasteiger partial charge is 0.160 e. The van der Waals surface area contributed by atoms with Crippen LogP contribution in [0.4, 0.5) is 0 Å². The van der Waals surface area contributed by atoms with Gasteiger partial charge in [0, 0.05) is 33.7 Å². The number of fused-ring (bicyclic) bond motifs is 7. The van der Waals surface area contributed by atoms with Crippen molar-refractivity contribution in [1.29, 1.82) is 0 Å². The van der Waals surface area contributed by atoms with Gasteiger partial charge in [0.15, 0.2) is 5.82 Å². The van der Waals surface area contributed by atoms with Gasteiger partial charge in [0.25, 0.3) is 0 Å². The molecule has 1 aliphatic rings. The van der Waals surface area contributed by atoms with Crippen LogP contribution in [0.25, 0.3) is 88.6 Å². The first-order chi connectivity index (χ1) is 25.0. The zero-order valence-electron chi connectivity index (χ0n) is 28.4. The molecule has 0 atom stereocenters. The fraction of sp³-hybridized carbons (Fsp3) is 0.0625. The monoisotopic (exact) mass is 651 g/mol. The molecule has 3 heteroatoms. The van der Waals surface area contributed by atoms with E-state index in [2.05, 4.69) is 147 Å². The highest BCUT2D eigenvalue weighted by atomic mass is 14.9. The van der Waals surface area contributed by atoms with Gasteiger partial charge in [-0.2, -0.15) is 0 Å². The molecule has 51 heavy (non-hydrogen) atoms. The summed E-state index contributed by atoms with van der Waals surface area (Å²) in [6.45, 7) is 4.72. The summed E-state index contributed by atoms with van der Waals surface area (Å²) in [6.07, 6.45) is 1.85. The number of rotatable bonds is 4. The van der Waals surface area contributed by atoms with Crippen molar-refractivity contribution in [2.75, 3.05) is 0 Å². The van der Waals surface area contributed by atoms with Gasteiger partial charge in [-0.05, 0) is 73.1 Å². The molecule has 9 aromatic rings. The van der Waals surface area contributed by atoms with Gasteiger partial charge in [-0.3, -0.25) is 4.98 Å². The average Bonchev–Trinajstić information content (AvgIpc) is 3.43. The van der Waals surface area contributed by atoms with Crippen LogP contribution < -0.4 is 0 Å². The Morgan fingerprint density at radius 3 is 1.94 bits per heavy atom. The quantitative estimate of drug-likeness (QED) is 0.190. The second-order valence-electron chi connectivity index (χ2n) is 14.0. The molecular weight excluding hydrogens is 619 g/mol. The molecule has 0 radical (unpaired) electrons. The van der Waals surface area contributed by atoms with Crippen molar-refractivity contribution in [1.82, 2.24) is 15.0 Å². The molecule has 0 spiro atoms. The predicted octanol–water partition coefficient (Wildman–Crippen LogP) is 12.3. The summed E-state index contributed by atoms with van der Waals surface area (Å²) in [5.74, 6) is 0.692. The van der Waals surface area contributed by atoms with Crippen molar-refractivity contribution in [3.63, 3.8) is 0 Å². The van der Waals surface area contributed by atoms with Gasteiger partial charge in [0.2, 0.25) is 0 Å². The number of hydrogen-bond acceptors (Lipinski definition) is 3. The highest BCUT2D eigenvalue weighted by Crippen LogP contribution is 2.52. The molecule has 3 nitrogen and oxygen atoms in total. The van der Waals surface area contributed by atoms with E-state index in [9.17, 15) is 0 Å². The lowest BCUT2D eigenvalue weighted by molar-refractivity contribution is 0.661. The molecule has 10 rings (SSSR count). The number of pyridine rings is 1. The fourth-order valence-electron chi connectivity index (χ4n) is 8.20. The minimum Gasteiger partial charge on any atom is -0.256 e. The van der Waals surface area contributed by atoms with E-state index in [0.29, 0.717) is 5.82 Å². The highest BCUT2D eigenvalue weighted by Gasteiger charge is 2.36. The zero-order valence-corrected chi connectivity index (χ0v) is 28.4. The first-order valence-corrected chi connectivity index (χ1v) is 17.5. The molecule has 0 bridgehead atoms. The Hall–Kier alpha value is -6.45. The van der Waals surface area contributed by atoms with Gasteiger partial charge in [-0.15, -0.1) is 0 Å². The SMILES string of the molecule is CC1(C)c2cc(-c3ccc(-c4cc(-c5cccc6cccnc56)nc(-c5ccccc5)n4)c4ccccc34)ccc2-c2c1ccc1ccccc21. The molecular formula is C48H33N3. The molecule has 0 saturated carbocycles. The Morgan fingerprint density at radius 1 is 0.431 bits per heavy atom. The first kappa shape index (κ1) is 29.5. The van der Waals surface area contributed by atoms with Crippen molar-refractivity contribution < 1.29 is 0 Å². The van der Waals surface area contributed by atoms with Gasteiger partial charge < -0.3 is 0 Å². The molecule has 240 valence electrons. The molecule has 0 unspecified atom stereocenters. The summed E-state index contributed by atoms with van der Waals surface area (Å²) in [6, 6.07) is 56.4. The summed E-state index contributed by atoms with van der Waals surface area (Å²) in [5.41, 5.74) is 13.5. The summed E-state index contributed by atoms with van der Waals surface area (Å²) >= 11 is 0. The van der Waals surface area contributed by atoms with Crippen LogP contribution in [0.1, 0.15) is 25.0 Å². The second kappa shape index (κ2) is 11.3. The van der Waals surface area contributed by atoms with E-state index in [0.717, 1.165) is 44.4 Å². The minimum absolute atomic E-state index is 0.109. The molecule has 0 N–H and O–H groups in total. The Balaban J connectivity index is 1.15. The summed E-state index contributed by atoms with van der Waals surface area (Å²) in [4.78, 5) is 15.1. The van der Waals surface area contributed by atoms with Gasteiger partial charge in [0.05, 0.1) is 16.9 Å². The average molecular weight is 652 g/mol. The molecule has 0 saturated heterocycles. The molecule has 1 aliphatic carbocycles. The number of hydrogen-bond donors (Lipinski definition) is 0. The van der Waals surface area contributed by atoms with Gasteiger partial charge in [-0.1, -0.05) is 153 Å². The van der Waals surface area contributed by atoms with Crippen molar-refractivity contribution in [2.45, 2.75) is 19.3 Å². The van der Waals surface area contributed by atoms with Crippen molar-refractivity contribution in [3.05, 3.63) is 175 Å². The maximum Gasteiger partial charge on any atom is 0.160 e. The lowest BCUT2D eigenvalue weighted by Crippen LogP contribution is -2.15. The molecule has 7 aromatic carbocycles. The van der Waals surface area contributed by atoms with Crippen LogP contribution in [0, 0.1) is 0 Å². The van der Waals surface area contributed by atoms with Crippen molar-refractivity contribution >= 4 is 32.4 Å². The summed E-state index contributed by atoms with van der Waals surface area (Å²) < 4.78 is 0. The minimum atomic E-state index is -0.109. The van der Waals surface area contributed by atoms with E-state index < -0.39 is 0 Å². The molecule has 0 fully saturated rings. The van der Waals surface area contributed by atoms with E-state index in [1.54, 1.807) is 0 Å². The Morgan fingerprint density at radius 2 is 1.10 bits per heavy atom. The third-order valence-corrected chi connectivity index (χ3v) is 10.7. The summed E-state index contributed by atoms with van der Waals surface area (Å²) in [7, 11) is 0. The third-order valence-electron chi connectivity index (χ3n) is 10.7. The number of benzene rings is 7. The van der Waals surface area contributed by atoms with E-state index >= 15 is 0 Å². The molecule has 0 amide bonds. The van der Waals surface area contributed by atoms with Crippen LogP contribution >= 0.6 is 0 Å². The standard InChI is InChI=1S/C48H33N3/c1-48(2)41-26-22-30-12-6-7-17-35(30)45(41)39-23-21-33(28-42(39)48)34-24-25-38(37-19-9-8-18-36(34)37)43-29-44(51-47(50-43)32-13-4-3-5-14-32)40-20-10-15-31-16-11-27-49-46(31)40/h3-29H,1-2H3. The van der Waals surface area contributed by atoms with Crippen LogP contribution in [-0.4, -0.2) is 15.0 Å². The van der Waals surface area contributed by atoms with Crippen molar-refractivity contribution in [2.24, 2.45) is 0 Å². The van der Waals surface area contributed by atoms with Crippen LogP contribution in [0.5, 0.6) is 0 Å². The van der Waals surface area contributed by atoms with Crippen LogP contribution in [0.2, 0.25) is 0 Å². The zero-order chi connectivity index (χ0) is 34.1. The highest BCUT2D eigenvalue weighted by molar-refractivity contribution is 6.07. The van der Waals surface area contributed by atoms with Crippen molar-refractivity contribution in [3.8, 4) is 56.2 Å². The lowest BCUT2D eigenvalue weighted by atomic mass is 9.81. The normalized spacial score (nSPS) is 13.1. The Bertz CT molecular complexity index is 2830. The van der Waals surface area contributed by atoms with E-state index in [-0.39, 0.29) is 5.41 Å². The topological polar surface area (TPSA) is 38.7 Å². The maximum atomic E-state index is 5.21. The van der Waals surface area contributed by atoms with E-state index in [1.807, 2.05) is 30.5 Å². The Kier molecular flexibility index (Phi) is 6.53. The van der Waals surface area contributed by atoms with Gasteiger partial charge >= 0.3 is 0 Å². The van der Waals surface area contributed by atoms with Gasteiger partial charge in [0.1, 0.15) is 0 Å². The van der Waals surface area contributed by atoms with Crippen LogP contribution in [0.3, 0.4) is 0 Å². The molecule has 0 aliphatic heterocycles. The van der Waals surface area contributed by atoms with Crippen LogP contribution in [-0.2, 0) is 5.41 Å². The number of nitrogens with zero attached hydrogens (tertiary/aromatic N) is 3. The lowest BCUT2D eigenvalue weighted by Gasteiger charge is -2.22. The second-order valence-corrected chi connectivity index (χ2v) is 14.0. The van der Waals surface area contributed by atoms with Gasteiger partial charge in [-0.25, -0.2) is 9.97 Å². The number of aromatic nitrogens is 3. The van der Waals surface area contributed by atoms with Crippen LogP contribution in [0.15, 0.2) is 164 Å². The largest absolute Gasteiger partial charge is 0.256 e. The van der Waals surface area contributed by atoms with E-state index in [1.165, 1.54) is 49.5 Å². The summed E-state index contributed by atoms with van der Waals surface area (Å²) in [5, 5.41) is 6.04. The molecule has 2 aromatic heterocycles.